The summed E-state index contributed by atoms with van der Waals surface area (Å²) >= 11 is 0. The van der Waals surface area contributed by atoms with Crippen LogP contribution in [-0.2, 0) is 9.84 Å². The van der Waals surface area contributed by atoms with Crippen molar-refractivity contribution in [2.75, 3.05) is 16.8 Å². The van der Waals surface area contributed by atoms with Gasteiger partial charge in [-0.2, -0.15) is 0 Å². The molecule has 9 heteroatoms. The van der Waals surface area contributed by atoms with Crippen molar-refractivity contribution in [3.63, 3.8) is 0 Å². The summed E-state index contributed by atoms with van der Waals surface area (Å²) in [6.07, 6.45) is 0.373. The number of hydrogen-bond acceptors (Lipinski definition) is 4. The Labute approximate surface area is 154 Å². The zero-order valence-corrected chi connectivity index (χ0v) is 14.9. The van der Waals surface area contributed by atoms with Crippen LogP contribution in [0.25, 0.3) is 0 Å². The molecule has 0 bridgehead atoms. The van der Waals surface area contributed by atoms with Crippen molar-refractivity contribution in [2.24, 2.45) is 0 Å². The molecule has 1 aliphatic heterocycles. The van der Waals surface area contributed by atoms with Gasteiger partial charge in [0.05, 0.1) is 17.2 Å². The summed E-state index contributed by atoms with van der Waals surface area (Å²) in [7, 11) is -3.10. The highest BCUT2D eigenvalue weighted by Crippen LogP contribution is 2.17. The zero-order valence-electron chi connectivity index (χ0n) is 14.0. The molecule has 1 unspecified atom stereocenters. The van der Waals surface area contributed by atoms with E-state index in [-0.39, 0.29) is 28.3 Å². The second kappa shape index (κ2) is 7.43. The van der Waals surface area contributed by atoms with Crippen LogP contribution < -0.4 is 10.6 Å². The third-order valence-corrected chi connectivity index (χ3v) is 5.92. The molecular formula is C18H16F2N2O4S. The van der Waals surface area contributed by atoms with Crippen molar-refractivity contribution in [3.8, 4) is 0 Å². The smallest absolute Gasteiger partial charge is 0.255 e. The van der Waals surface area contributed by atoms with E-state index in [1.165, 1.54) is 24.3 Å². The highest BCUT2D eigenvalue weighted by atomic mass is 32.2. The van der Waals surface area contributed by atoms with Crippen LogP contribution in [0.5, 0.6) is 0 Å². The number of carbonyl (C=O) groups excluding carboxylic acids is 2. The first-order valence-electron chi connectivity index (χ1n) is 8.11. The Hall–Kier alpha value is -2.81. The van der Waals surface area contributed by atoms with Crippen LogP contribution in [0.2, 0.25) is 0 Å². The molecule has 1 fully saturated rings. The topological polar surface area (TPSA) is 92.3 Å². The number of halogens is 2. The van der Waals surface area contributed by atoms with Crippen LogP contribution in [0, 0.1) is 11.6 Å². The van der Waals surface area contributed by atoms with Crippen LogP contribution in [0.15, 0.2) is 42.5 Å². The van der Waals surface area contributed by atoms with Gasteiger partial charge in [-0.05, 0) is 42.8 Å². The second-order valence-corrected chi connectivity index (χ2v) is 8.46. The summed E-state index contributed by atoms with van der Waals surface area (Å²) in [5, 5.41) is 4.97. The van der Waals surface area contributed by atoms with Gasteiger partial charge in [0.1, 0.15) is 11.6 Å². The Bertz CT molecular complexity index is 991. The number of benzene rings is 2. The van der Waals surface area contributed by atoms with Crippen LogP contribution in [0.1, 0.15) is 27.1 Å². The fourth-order valence-corrected chi connectivity index (χ4v) is 4.41. The minimum Gasteiger partial charge on any atom is -0.348 e. The monoisotopic (exact) mass is 394 g/mol. The van der Waals surface area contributed by atoms with Crippen molar-refractivity contribution in [1.29, 1.82) is 0 Å². The van der Waals surface area contributed by atoms with Gasteiger partial charge in [-0.15, -0.1) is 0 Å². The maximum Gasteiger partial charge on any atom is 0.255 e. The normalized spacial score (nSPS) is 18.1. The first kappa shape index (κ1) is 19.0. The molecule has 6 nitrogen and oxygen atoms in total. The molecule has 2 amide bonds. The van der Waals surface area contributed by atoms with Crippen molar-refractivity contribution in [3.05, 3.63) is 65.2 Å². The minimum absolute atomic E-state index is 0.0526. The molecule has 1 heterocycles. The molecule has 1 atom stereocenters. The predicted octanol–water partition coefficient (Wildman–Crippen LogP) is 2.13. The first-order chi connectivity index (χ1) is 12.7. The molecule has 2 N–H and O–H groups in total. The minimum atomic E-state index is -3.10. The van der Waals surface area contributed by atoms with Gasteiger partial charge in [0.25, 0.3) is 11.8 Å². The van der Waals surface area contributed by atoms with E-state index in [1.54, 1.807) is 0 Å². The maximum absolute atomic E-state index is 13.6. The van der Waals surface area contributed by atoms with E-state index in [9.17, 15) is 26.8 Å². The molecule has 0 aliphatic carbocycles. The van der Waals surface area contributed by atoms with Gasteiger partial charge in [-0.1, -0.05) is 0 Å². The maximum atomic E-state index is 13.6. The third kappa shape index (κ3) is 4.68. The number of carbonyl (C=O) groups is 2. The SMILES string of the molecule is O=C(Nc1ccc(F)cc1F)c1ccc(C(=O)NC2CCS(=O)(=O)C2)cc1. The van der Waals surface area contributed by atoms with Crippen LogP contribution >= 0.6 is 0 Å². The molecule has 0 saturated carbocycles. The molecule has 142 valence electrons. The molecule has 3 rings (SSSR count). The Balaban J connectivity index is 1.64. The fourth-order valence-electron chi connectivity index (χ4n) is 2.74. The standard InChI is InChI=1S/C18H16F2N2O4S/c19-13-5-6-16(15(20)9-13)22-18(24)12-3-1-11(2-4-12)17(23)21-14-7-8-27(25,26)10-14/h1-6,9,14H,7-8,10H2,(H,21,23)(H,22,24). The molecule has 2 aromatic carbocycles. The van der Waals surface area contributed by atoms with Gasteiger partial charge in [0.15, 0.2) is 9.84 Å². The van der Waals surface area contributed by atoms with E-state index in [4.69, 9.17) is 0 Å². The van der Waals surface area contributed by atoms with Gasteiger partial charge < -0.3 is 10.6 Å². The summed E-state index contributed by atoms with van der Waals surface area (Å²) in [6.45, 7) is 0. The summed E-state index contributed by atoms with van der Waals surface area (Å²) in [5.74, 6) is -2.73. The van der Waals surface area contributed by atoms with Crippen molar-refractivity contribution in [2.45, 2.75) is 12.5 Å². The van der Waals surface area contributed by atoms with E-state index >= 15 is 0 Å². The summed E-state index contributed by atoms with van der Waals surface area (Å²) in [4.78, 5) is 24.3. The van der Waals surface area contributed by atoms with Gasteiger partial charge in [0.2, 0.25) is 0 Å². The molecule has 0 spiro atoms. The molecule has 0 aromatic heterocycles. The van der Waals surface area contributed by atoms with E-state index in [1.807, 2.05) is 0 Å². The predicted molar refractivity (Wildman–Crippen MR) is 95.3 cm³/mol. The average molecular weight is 394 g/mol. The first-order valence-corrected chi connectivity index (χ1v) is 9.93. The zero-order chi connectivity index (χ0) is 19.6. The van der Waals surface area contributed by atoms with Gasteiger partial charge >= 0.3 is 0 Å². The lowest BCUT2D eigenvalue weighted by atomic mass is 10.1. The molecule has 1 saturated heterocycles. The number of hydrogen-bond donors (Lipinski definition) is 2. The number of nitrogens with one attached hydrogen (secondary N) is 2. The highest BCUT2D eigenvalue weighted by molar-refractivity contribution is 7.91. The largest absolute Gasteiger partial charge is 0.348 e. The Morgan fingerprint density at radius 1 is 0.963 bits per heavy atom. The highest BCUT2D eigenvalue weighted by Gasteiger charge is 2.29. The van der Waals surface area contributed by atoms with Crippen molar-refractivity contribution < 1.29 is 26.8 Å². The lowest BCUT2D eigenvalue weighted by Gasteiger charge is -2.11. The lowest BCUT2D eigenvalue weighted by Crippen LogP contribution is -2.35. The average Bonchev–Trinajstić information content (AvgIpc) is 2.96. The summed E-state index contributed by atoms with van der Waals surface area (Å²) in [6, 6.07) is 7.96. The van der Waals surface area contributed by atoms with Crippen molar-refractivity contribution >= 4 is 27.3 Å². The van der Waals surface area contributed by atoms with E-state index in [0.717, 1.165) is 12.1 Å². The number of sulfone groups is 1. The lowest BCUT2D eigenvalue weighted by molar-refractivity contribution is 0.0939. The van der Waals surface area contributed by atoms with Crippen LogP contribution in [-0.4, -0.2) is 37.8 Å². The van der Waals surface area contributed by atoms with E-state index in [2.05, 4.69) is 10.6 Å². The Kier molecular flexibility index (Phi) is 5.22. The summed E-state index contributed by atoms with van der Waals surface area (Å²) < 4.78 is 49.3. The molecule has 1 aliphatic rings. The van der Waals surface area contributed by atoms with E-state index < -0.39 is 39.3 Å². The number of anilines is 1. The Morgan fingerprint density at radius 3 is 2.15 bits per heavy atom. The quantitative estimate of drug-likeness (QED) is 0.831. The molecule has 0 radical (unpaired) electrons. The van der Waals surface area contributed by atoms with E-state index in [0.29, 0.717) is 12.5 Å². The third-order valence-electron chi connectivity index (χ3n) is 4.16. The van der Waals surface area contributed by atoms with Gasteiger partial charge in [0, 0.05) is 23.2 Å². The fraction of sp³-hybridized carbons (Fsp3) is 0.222. The summed E-state index contributed by atoms with van der Waals surface area (Å²) in [5.41, 5.74) is 0.285. The molecule has 2 aromatic rings. The Morgan fingerprint density at radius 2 is 1.59 bits per heavy atom. The second-order valence-electron chi connectivity index (χ2n) is 6.23. The number of rotatable bonds is 4. The number of amides is 2. The van der Waals surface area contributed by atoms with Crippen molar-refractivity contribution in [1.82, 2.24) is 5.32 Å². The van der Waals surface area contributed by atoms with Crippen LogP contribution in [0.3, 0.4) is 0 Å². The van der Waals surface area contributed by atoms with Gasteiger partial charge in [-0.3, -0.25) is 9.59 Å². The molecular weight excluding hydrogens is 378 g/mol. The van der Waals surface area contributed by atoms with Crippen LogP contribution in [0.4, 0.5) is 14.5 Å². The molecule has 27 heavy (non-hydrogen) atoms. The van der Waals surface area contributed by atoms with Gasteiger partial charge in [-0.25, -0.2) is 17.2 Å².